The molecule has 1 N–H and O–H groups in total. The minimum atomic E-state index is 0.00304. The van der Waals surface area contributed by atoms with Gasteiger partial charge in [0.15, 0.2) is 0 Å². The van der Waals surface area contributed by atoms with Gasteiger partial charge in [-0.25, -0.2) is 0 Å². The number of hydrogen-bond acceptors (Lipinski definition) is 3. The van der Waals surface area contributed by atoms with E-state index in [2.05, 4.69) is 33.0 Å². The fourth-order valence-corrected chi connectivity index (χ4v) is 3.38. The van der Waals surface area contributed by atoms with E-state index < -0.39 is 0 Å². The third-order valence-electron chi connectivity index (χ3n) is 4.62. The Hall–Kier alpha value is -0.120. The van der Waals surface area contributed by atoms with Crippen molar-refractivity contribution in [3.8, 4) is 0 Å². The topological polar surface area (TPSA) is 30.5 Å². The molecule has 1 aliphatic heterocycles. The number of hydrogen-bond donors (Lipinski definition) is 1. The van der Waals surface area contributed by atoms with E-state index in [0.717, 1.165) is 45.1 Å². The Labute approximate surface area is 119 Å². The van der Waals surface area contributed by atoms with Crippen molar-refractivity contribution in [2.24, 2.45) is 5.92 Å². The second-order valence-electron chi connectivity index (χ2n) is 5.61. The fourth-order valence-electron chi connectivity index (χ4n) is 3.38. The van der Waals surface area contributed by atoms with E-state index in [9.17, 15) is 0 Å². The van der Waals surface area contributed by atoms with Crippen LogP contribution in [0.2, 0.25) is 0 Å². The lowest BCUT2D eigenvalue weighted by molar-refractivity contribution is -0.0795. The predicted molar refractivity (Wildman–Crippen MR) is 80.6 cm³/mol. The second-order valence-corrected chi connectivity index (χ2v) is 5.61. The average Bonchev–Trinajstić information content (AvgIpc) is 2.46. The van der Waals surface area contributed by atoms with Crippen molar-refractivity contribution in [1.82, 2.24) is 5.32 Å². The summed E-state index contributed by atoms with van der Waals surface area (Å²) in [6.07, 6.45) is 5.80. The lowest BCUT2D eigenvalue weighted by Crippen LogP contribution is -2.53. The molecule has 1 unspecified atom stereocenters. The van der Waals surface area contributed by atoms with Crippen LogP contribution in [0.1, 0.15) is 59.8 Å². The van der Waals surface area contributed by atoms with Crippen LogP contribution in [-0.2, 0) is 9.47 Å². The first-order valence-corrected chi connectivity index (χ1v) is 8.17. The Morgan fingerprint density at radius 1 is 1.16 bits per heavy atom. The minimum Gasteiger partial charge on any atom is -0.381 e. The summed E-state index contributed by atoms with van der Waals surface area (Å²) >= 11 is 0. The molecule has 0 aromatic carbocycles. The van der Waals surface area contributed by atoms with Gasteiger partial charge in [-0.15, -0.1) is 0 Å². The first kappa shape index (κ1) is 16.9. The maximum Gasteiger partial charge on any atom is 0.0829 e. The molecule has 0 spiro atoms. The molecule has 0 amide bonds. The second kappa shape index (κ2) is 8.93. The van der Waals surface area contributed by atoms with Crippen molar-refractivity contribution in [2.45, 2.75) is 71.4 Å². The van der Waals surface area contributed by atoms with Crippen LogP contribution in [0.25, 0.3) is 0 Å². The highest BCUT2D eigenvalue weighted by Gasteiger charge is 2.37. The van der Waals surface area contributed by atoms with Gasteiger partial charge in [0.1, 0.15) is 0 Å². The van der Waals surface area contributed by atoms with Gasteiger partial charge in [-0.05, 0) is 51.5 Å². The van der Waals surface area contributed by atoms with Crippen LogP contribution in [0, 0.1) is 5.92 Å². The molecule has 0 bridgehead atoms. The van der Waals surface area contributed by atoms with E-state index in [1.807, 2.05) is 0 Å². The van der Waals surface area contributed by atoms with Gasteiger partial charge in [-0.1, -0.05) is 20.8 Å². The first-order chi connectivity index (χ1) is 9.22. The third-order valence-corrected chi connectivity index (χ3v) is 4.62. The Bertz CT molecular complexity index is 223. The van der Waals surface area contributed by atoms with Crippen molar-refractivity contribution in [1.29, 1.82) is 0 Å². The van der Waals surface area contributed by atoms with Crippen molar-refractivity contribution in [3.05, 3.63) is 0 Å². The van der Waals surface area contributed by atoms with E-state index in [0.29, 0.717) is 6.04 Å². The van der Waals surface area contributed by atoms with Crippen LogP contribution < -0.4 is 5.32 Å². The molecule has 1 fully saturated rings. The van der Waals surface area contributed by atoms with Crippen LogP contribution in [0.5, 0.6) is 0 Å². The largest absolute Gasteiger partial charge is 0.381 e. The monoisotopic (exact) mass is 271 g/mol. The summed E-state index contributed by atoms with van der Waals surface area (Å²) in [7, 11) is 0. The Balaban J connectivity index is 2.70. The quantitative estimate of drug-likeness (QED) is 0.697. The van der Waals surface area contributed by atoms with Crippen molar-refractivity contribution in [3.63, 3.8) is 0 Å². The number of rotatable bonds is 9. The van der Waals surface area contributed by atoms with Gasteiger partial charge in [0.25, 0.3) is 0 Å². The van der Waals surface area contributed by atoms with Gasteiger partial charge >= 0.3 is 0 Å². The van der Waals surface area contributed by atoms with E-state index in [1.165, 1.54) is 19.3 Å². The van der Waals surface area contributed by atoms with Gasteiger partial charge in [0.2, 0.25) is 0 Å². The summed E-state index contributed by atoms with van der Waals surface area (Å²) < 4.78 is 11.7. The van der Waals surface area contributed by atoms with Crippen molar-refractivity contribution >= 4 is 0 Å². The predicted octanol–water partition coefficient (Wildman–Crippen LogP) is 3.38. The molecule has 3 nitrogen and oxygen atoms in total. The zero-order chi connectivity index (χ0) is 14.1. The first-order valence-electron chi connectivity index (χ1n) is 8.17. The SMILES string of the molecule is CCNC(CC1CCOCC1)C(CC)(CC)OCC. The van der Waals surface area contributed by atoms with Gasteiger partial charge < -0.3 is 14.8 Å². The van der Waals surface area contributed by atoms with Crippen LogP contribution in [0.15, 0.2) is 0 Å². The highest BCUT2D eigenvalue weighted by atomic mass is 16.5. The van der Waals surface area contributed by atoms with E-state index >= 15 is 0 Å². The molecule has 0 aromatic heterocycles. The summed E-state index contributed by atoms with van der Waals surface area (Å²) in [5, 5.41) is 3.69. The lowest BCUT2D eigenvalue weighted by Gasteiger charge is -2.42. The Morgan fingerprint density at radius 3 is 2.26 bits per heavy atom. The standard InChI is InChI=1S/C16H33NO2/c1-5-16(6-2,19-8-4)15(17-7-3)13-14-9-11-18-12-10-14/h14-15,17H,5-13H2,1-4H3. The third kappa shape index (κ3) is 4.73. The number of likely N-dealkylation sites (N-methyl/N-ethyl adjacent to an activating group) is 1. The number of ether oxygens (including phenoxy) is 2. The highest BCUT2D eigenvalue weighted by Crippen LogP contribution is 2.31. The van der Waals surface area contributed by atoms with Crippen molar-refractivity contribution < 1.29 is 9.47 Å². The van der Waals surface area contributed by atoms with Gasteiger partial charge in [0, 0.05) is 25.9 Å². The molecule has 0 aliphatic carbocycles. The van der Waals surface area contributed by atoms with Gasteiger partial charge in [-0.2, -0.15) is 0 Å². The average molecular weight is 271 g/mol. The maximum absolute atomic E-state index is 6.19. The molecule has 0 radical (unpaired) electrons. The molecule has 0 aromatic rings. The summed E-state index contributed by atoms with van der Waals surface area (Å²) in [6.45, 7) is 12.5. The molecule has 114 valence electrons. The Kier molecular flexibility index (Phi) is 7.96. The zero-order valence-electron chi connectivity index (χ0n) is 13.3. The normalized spacial score (nSPS) is 19.6. The molecule has 3 heteroatoms. The lowest BCUT2D eigenvalue weighted by atomic mass is 9.80. The van der Waals surface area contributed by atoms with Gasteiger partial charge in [0.05, 0.1) is 5.60 Å². The molecule has 1 atom stereocenters. The smallest absolute Gasteiger partial charge is 0.0829 e. The van der Waals surface area contributed by atoms with E-state index in [4.69, 9.17) is 9.47 Å². The van der Waals surface area contributed by atoms with Gasteiger partial charge in [-0.3, -0.25) is 0 Å². The molecule has 1 aliphatic rings. The molecule has 0 saturated carbocycles. The number of nitrogens with one attached hydrogen (secondary N) is 1. The molecular formula is C16H33NO2. The zero-order valence-corrected chi connectivity index (χ0v) is 13.3. The summed E-state index contributed by atoms with van der Waals surface area (Å²) in [5.41, 5.74) is 0.00304. The molecule has 19 heavy (non-hydrogen) atoms. The van der Waals surface area contributed by atoms with Crippen LogP contribution in [0.4, 0.5) is 0 Å². The minimum absolute atomic E-state index is 0.00304. The maximum atomic E-state index is 6.19. The van der Waals surface area contributed by atoms with E-state index in [1.54, 1.807) is 0 Å². The summed E-state index contributed by atoms with van der Waals surface area (Å²) in [6, 6.07) is 0.468. The van der Waals surface area contributed by atoms with Crippen LogP contribution >= 0.6 is 0 Å². The van der Waals surface area contributed by atoms with Crippen molar-refractivity contribution in [2.75, 3.05) is 26.4 Å². The Morgan fingerprint density at radius 2 is 1.79 bits per heavy atom. The highest BCUT2D eigenvalue weighted by molar-refractivity contribution is 4.93. The van der Waals surface area contributed by atoms with Crippen LogP contribution in [0.3, 0.4) is 0 Å². The molecule has 1 rings (SSSR count). The molecule has 1 heterocycles. The molecular weight excluding hydrogens is 238 g/mol. The molecule has 1 saturated heterocycles. The van der Waals surface area contributed by atoms with Crippen LogP contribution in [-0.4, -0.2) is 38.0 Å². The summed E-state index contributed by atoms with van der Waals surface area (Å²) in [4.78, 5) is 0. The fraction of sp³-hybridized carbons (Fsp3) is 1.00. The van der Waals surface area contributed by atoms with E-state index in [-0.39, 0.29) is 5.60 Å². The summed E-state index contributed by atoms with van der Waals surface area (Å²) in [5.74, 6) is 0.788.